The van der Waals surface area contributed by atoms with Crippen molar-refractivity contribution < 1.29 is 22.9 Å². The van der Waals surface area contributed by atoms with Crippen LogP contribution in [0, 0.1) is 16.0 Å². The van der Waals surface area contributed by atoms with Gasteiger partial charge in [0.2, 0.25) is 10.0 Å². The van der Waals surface area contributed by atoms with E-state index in [4.69, 9.17) is 16.3 Å². The van der Waals surface area contributed by atoms with E-state index in [2.05, 4.69) is 0 Å². The summed E-state index contributed by atoms with van der Waals surface area (Å²) in [5, 5.41) is 10.9. The minimum atomic E-state index is -4.01. The Labute approximate surface area is 166 Å². The van der Waals surface area contributed by atoms with Crippen molar-refractivity contribution in [2.45, 2.75) is 17.7 Å². The molecule has 0 aliphatic carbocycles. The molecule has 0 bridgehead atoms. The molecule has 0 N–H and O–H groups in total. The molecule has 1 saturated heterocycles. The average Bonchev–Trinajstić information content (AvgIpc) is 2.69. The first-order valence-electron chi connectivity index (χ1n) is 8.50. The minimum Gasteiger partial charge on any atom is -0.426 e. The van der Waals surface area contributed by atoms with Crippen LogP contribution in [0.4, 0.5) is 5.69 Å². The van der Waals surface area contributed by atoms with E-state index >= 15 is 0 Å². The molecule has 3 rings (SSSR count). The molecule has 8 nitrogen and oxygen atoms in total. The Bertz CT molecular complexity index is 988. The van der Waals surface area contributed by atoms with E-state index in [0.29, 0.717) is 5.75 Å². The number of rotatable bonds is 5. The third-order valence-electron chi connectivity index (χ3n) is 4.49. The van der Waals surface area contributed by atoms with Gasteiger partial charge in [-0.2, -0.15) is 4.31 Å². The molecule has 10 heteroatoms. The maximum absolute atomic E-state index is 12.9. The smallest absolute Gasteiger partial charge is 0.314 e. The van der Waals surface area contributed by atoms with Gasteiger partial charge in [0.25, 0.3) is 5.69 Å². The Morgan fingerprint density at radius 2 is 1.79 bits per heavy atom. The molecule has 28 heavy (non-hydrogen) atoms. The normalized spacial score (nSPS) is 15.9. The molecule has 0 radical (unpaired) electrons. The fourth-order valence-corrected chi connectivity index (χ4v) is 4.93. The number of non-ortho nitro benzene ring substituents is 1. The zero-order valence-electron chi connectivity index (χ0n) is 14.7. The van der Waals surface area contributed by atoms with Gasteiger partial charge in [0.05, 0.1) is 15.9 Å². The molecule has 0 amide bonds. The van der Waals surface area contributed by atoms with Crippen molar-refractivity contribution in [1.82, 2.24) is 4.31 Å². The quantitative estimate of drug-likeness (QED) is 0.315. The van der Waals surface area contributed by atoms with E-state index in [1.807, 2.05) is 0 Å². The van der Waals surface area contributed by atoms with Gasteiger partial charge in [-0.05, 0) is 31.0 Å². The molecule has 0 spiro atoms. The van der Waals surface area contributed by atoms with Crippen molar-refractivity contribution in [2.24, 2.45) is 5.92 Å². The summed E-state index contributed by atoms with van der Waals surface area (Å²) in [4.78, 5) is 22.2. The predicted molar refractivity (Wildman–Crippen MR) is 102 cm³/mol. The Morgan fingerprint density at radius 3 is 2.39 bits per heavy atom. The van der Waals surface area contributed by atoms with Gasteiger partial charge in [0.1, 0.15) is 10.6 Å². The number of nitro groups is 1. The lowest BCUT2D eigenvalue weighted by Crippen LogP contribution is -2.41. The number of hydrogen-bond donors (Lipinski definition) is 0. The van der Waals surface area contributed by atoms with Crippen molar-refractivity contribution in [2.75, 3.05) is 13.1 Å². The summed E-state index contributed by atoms with van der Waals surface area (Å²) in [6.45, 7) is 0.186. The van der Waals surface area contributed by atoms with Crippen LogP contribution in [0.1, 0.15) is 12.8 Å². The molecule has 1 fully saturated rings. The molecule has 1 aliphatic rings. The Kier molecular flexibility index (Phi) is 5.97. The monoisotopic (exact) mass is 424 g/mol. The van der Waals surface area contributed by atoms with Crippen LogP contribution in [0.3, 0.4) is 0 Å². The van der Waals surface area contributed by atoms with Gasteiger partial charge >= 0.3 is 5.97 Å². The van der Waals surface area contributed by atoms with Gasteiger partial charge in [0.15, 0.2) is 0 Å². The first kappa shape index (κ1) is 20.2. The Morgan fingerprint density at radius 1 is 1.14 bits per heavy atom. The second-order valence-corrected chi connectivity index (χ2v) is 8.60. The molecular weight excluding hydrogens is 408 g/mol. The highest BCUT2D eigenvalue weighted by Crippen LogP contribution is 2.31. The number of hydrogen-bond acceptors (Lipinski definition) is 6. The summed E-state index contributed by atoms with van der Waals surface area (Å²) >= 11 is 5.97. The van der Waals surface area contributed by atoms with Gasteiger partial charge in [-0.1, -0.05) is 29.8 Å². The van der Waals surface area contributed by atoms with Crippen molar-refractivity contribution in [3.63, 3.8) is 0 Å². The highest BCUT2D eigenvalue weighted by atomic mass is 35.5. The summed E-state index contributed by atoms with van der Waals surface area (Å²) in [6, 6.07) is 11.9. The highest BCUT2D eigenvalue weighted by Gasteiger charge is 2.34. The van der Waals surface area contributed by atoms with Crippen LogP contribution in [0.2, 0.25) is 5.02 Å². The van der Waals surface area contributed by atoms with Gasteiger partial charge < -0.3 is 4.74 Å². The molecule has 0 atom stereocenters. The third-order valence-corrected chi connectivity index (χ3v) is 6.87. The molecule has 2 aromatic rings. The Balaban J connectivity index is 1.69. The van der Waals surface area contributed by atoms with Crippen LogP contribution < -0.4 is 4.74 Å². The van der Waals surface area contributed by atoms with Crippen molar-refractivity contribution >= 4 is 33.3 Å². The van der Waals surface area contributed by atoms with Crippen molar-refractivity contribution in [3.05, 3.63) is 63.7 Å². The van der Waals surface area contributed by atoms with Crippen LogP contribution >= 0.6 is 11.6 Å². The summed E-state index contributed by atoms with van der Waals surface area (Å²) < 4.78 is 32.2. The first-order valence-corrected chi connectivity index (χ1v) is 10.3. The molecule has 0 unspecified atom stereocenters. The largest absolute Gasteiger partial charge is 0.426 e. The van der Waals surface area contributed by atoms with Crippen molar-refractivity contribution in [1.29, 1.82) is 0 Å². The number of halogens is 1. The standard InChI is InChI=1S/C18H17ClN2O6S/c19-16-7-6-14(21(23)24)12-17(16)28(25,26)20-10-8-13(9-11-20)18(22)27-15-4-2-1-3-5-15/h1-7,12-13H,8-11H2. The summed E-state index contributed by atoms with van der Waals surface area (Å²) in [5.41, 5.74) is -0.357. The maximum Gasteiger partial charge on any atom is 0.314 e. The molecular formula is C18H17ClN2O6S. The number of nitrogens with zero attached hydrogens (tertiary/aromatic N) is 2. The average molecular weight is 425 g/mol. The van der Waals surface area contributed by atoms with Gasteiger partial charge in [0, 0.05) is 25.2 Å². The second kappa shape index (κ2) is 8.26. The second-order valence-electron chi connectivity index (χ2n) is 6.28. The van der Waals surface area contributed by atoms with Crippen LogP contribution in [0.5, 0.6) is 5.75 Å². The van der Waals surface area contributed by atoms with E-state index in [-0.39, 0.29) is 41.5 Å². The SMILES string of the molecule is O=C(Oc1ccccc1)C1CCN(S(=O)(=O)c2cc([N+](=O)[O-])ccc2Cl)CC1. The summed E-state index contributed by atoms with van der Waals surface area (Å²) in [7, 11) is -4.01. The van der Waals surface area contributed by atoms with E-state index in [9.17, 15) is 23.3 Å². The van der Waals surface area contributed by atoms with E-state index in [1.54, 1.807) is 30.3 Å². The number of para-hydroxylation sites is 1. The number of sulfonamides is 1. The molecule has 2 aromatic carbocycles. The molecule has 148 valence electrons. The molecule has 0 saturated carbocycles. The minimum absolute atomic E-state index is 0.0868. The molecule has 1 heterocycles. The topological polar surface area (TPSA) is 107 Å². The number of ether oxygens (including phenoxy) is 1. The van der Waals surface area contributed by atoms with Gasteiger partial charge in [-0.3, -0.25) is 14.9 Å². The van der Waals surface area contributed by atoms with Crippen LogP contribution in [-0.4, -0.2) is 36.7 Å². The van der Waals surface area contributed by atoms with E-state index < -0.39 is 26.8 Å². The zero-order valence-corrected chi connectivity index (χ0v) is 16.2. The summed E-state index contributed by atoms with van der Waals surface area (Å²) in [5.74, 6) is -0.394. The predicted octanol–water partition coefficient (Wildman–Crippen LogP) is 3.25. The highest BCUT2D eigenvalue weighted by molar-refractivity contribution is 7.89. The molecule has 1 aliphatic heterocycles. The number of carbonyl (C=O) groups excluding carboxylic acids is 1. The van der Waals surface area contributed by atoms with Crippen LogP contribution in [0.25, 0.3) is 0 Å². The first-order chi connectivity index (χ1) is 13.3. The number of carbonyl (C=O) groups is 1. The van der Waals surface area contributed by atoms with E-state index in [0.717, 1.165) is 12.1 Å². The number of nitro benzene ring substituents is 1. The van der Waals surface area contributed by atoms with Gasteiger partial charge in [-0.25, -0.2) is 8.42 Å². The lowest BCUT2D eigenvalue weighted by molar-refractivity contribution is -0.385. The third kappa shape index (κ3) is 4.32. The van der Waals surface area contributed by atoms with Crippen LogP contribution in [-0.2, 0) is 14.8 Å². The zero-order chi connectivity index (χ0) is 20.3. The van der Waals surface area contributed by atoms with Crippen molar-refractivity contribution in [3.8, 4) is 5.75 Å². The lowest BCUT2D eigenvalue weighted by atomic mass is 9.98. The number of benzene rings is 2. The fraction of sp³-hybridized carbons (Fsp3) is 0.278. The van der Waals surface area contributed by atoms with E-state index in [1.165, 1.54) is 10.4 Å². The lowest BCUT2D eigenvalue weighted by Gasteiger charge is -2.30. The Hall–Kier alpha value is -2.49. The number of piperidine rings is 1. The fourth-order valence-electron chi connectivity index (χ4n) is 2.96. The summed E-state index contributed by atoms with van der Waals surface area (Å²) in [6.07, 6.45) is 0.578. The van der Waals surface area contributed by atoms with Crippen LogP contribution in [0.15, 0.2) is 53.4 Å². The maximum atomic E-state index is 12.9. The molecule has 0 aromatic heterocycles. The van der Waals surface area contributed by atoms with Gasteiger partial charge in [-0.15, -0.1) is 0 Å². The number of esters is 1.